The number of alkyl halides is 2. The summed E-state index contributed by atoms with van der Waals surface area (Å²) in [6, 6.07) is 7.15. The summed E-state index contributed by atoms with van der Waals surface area (Å²) in [6.07, 6.45) is 1.72. The molecule has 2 heterocycles. The van der Waals surface area contributed by atoms with Crippen molar-refractivity contribution < 1.29 is 18.4 Å². The molecule has 1 aliphatic heterocycles. The van der Waals surface area contributed by atoms with Gasteiger partial charge in [-0.3, -0.25) is 14.5 Å². The van der Waals surface area contributed by atoms with Crippen LogP contribution in [0.2, 0.25) is 5.15 Å². The lowest BCUT2D eigenvalue weighted by Gasteiger charge is -2.26. The molecule has 0 saturated heterocycles. The minimum Gasteiger partial charge on any atom is -0.382 e. The average Bonchev–Trinajstić information content (AvgIpc) is 3.49. The first kappa shape index (κ1) is 19.7. The average molecular weight is 422 g/mol. The highest BCUT2D eigenvalue weighted by Gasteiger charge is 2.43. The molecule has 10 heteroatoms. The number of benzene rings is 1. The largest absolute Gasteiger partial charge is 0.382 e. The van der Waals surface area contributed by atoms with E-state index in [1.54, 1.807) is 12.1 Å². The highest BCUT2D eigenvalue weighted by atomic mass is 35.5. The van der Waals surface area contributed by atoms with Crippen LogP contribution in [-0.4, -0.2) is 45.9 Å². The van der Waals surface area contributed by atoms with Gasteiger partial charge in [0.15, 0.2) is 5.15 Å². The van der Waals surface area contributed by atoms with Crippen LogP contribution in [0, 0.1) is 5.92 Å². The standard InChI is InChI=1S/C19H18ClF2N5O2/c20-16-13(7-14(23)25-26-16)15(10-5-6-10)24-8-19(21,22)9-27-17(28)11-3-1-2-4-12(11)18(27)29/h1-4,7,10,15,24H,5-6,8-9H2,(H2,23,25)/t15-/m1/s1. The van der Waals surface area contributed by atoms with Crippen LogP contribution in [0.5, 0.6) is 0 Å². The summed E-state index contributed by atoms with van der Waals surface area (Å²) in [5.74, 6) is -4.48. The maximum absolute atomic E-state index is 14.7. The molecule has 1 fully saturated rings. The molecule has 29 heavy (non-hydrogen) atoms. The molecule has 1 saturated carbocycles. The van der Waals surface area contributed by atoms with Gasteiger partial charge in [0.1, 0.15) is 5.82 Å². The van der Waals surface area contributed by atoms with E-state index in [1.165, 1.54) is 18.2 Å². The monoisotopic (exact) mass is 421 g/mol. The van der Waals surface area contributed by atoms with Gasteiger partial charge in [0, 0.05) is 11.6 Å². The number of carbonyl (C=O) groups is 2. The summed E-state index contributed by atoms with van der Waals surface area (Å²) in [7, 11) is 0. The van der Waals surface area contributed by atoms with Crippen molar-refractivity contribution in [1.82, 2.24) is 20.4 Å². The molecule has 1 aromatic heterocycles. The predicted octanol–water partition coefficient (Wildman–Crippen LogP) is 2.68. The lowest BCUT2D eigenvalue weighted by molar-refractivity contribution is -0.0235. The van der Waals surface area contributed by atoms with Crippen LogP contribution in [-0.2, 0) is 0 Å². The van der Waals surface area contributed by atoms with Crippen molar-refractivity contribution in [2.75, 3.05) is 18.8 Å². The van der Waals surface area contributed by atoms with Crippen LogP contribution in [0.1, 0.15) is 45.2 Å². The zero-order chi connectivity index (χ0) is 20.8. The van der Waals surface area contributed by atoms with Crippen LogP contribution >= 0.6 is 11.6 Å². The van der Waals surface area contributed by atoms with Gasteiger partial charge in [0.05, 0.1) is 24.2 Å². The molecule has 2 aromatic rings. The van der Waals surface area contributed by atoms with E-state index in [2.05, 4.69) is 15.5 Å². The summed E-state index contributed by atoms with van der Waals surface area (Å²) in [4.78, 5) is 25.3. The van der Waals surface area contributed by atoms with Crippen molar-refractivity contribution in [3.8, 4) is 0 Å². The van der Waals surface area contributed by atoms with Gasteiger partial charge in [-0.15, -0.1) is 10.2 Å². The summed E-state index contributed by atoms with van der Waals surface area (Å²) in [6.45, 7) is -1.74. The topological polar surface area (TPSA) is 101 Å². The molecular formula is C19H18ClF2N5O2. The van der Waals surface area contributed by atoms with Gasteiger partial charge in [-0.05, 0) is 37.0 Å². The summed E-state index contributed by atoms with van der Waals surface area (Å²) < 4.78 is 29.4. The number of halogens is 3. The Morgan fingerprint density at radius 2 is 1.83 bits per heavy atom. The van der Waals surface area contributed by atoms with Crippen molar-refractivity contribution in [1.29, 1.82) is 0 Å². The van der Waals surface area contributed by atoms with Crippen molar-refractivity contribution in [2.24, 2.45) is 5.92 Å². The quantitative estimate of drug-likeness (QED) is 0.666. The molecule has 7 nitrogen and oxygen atoms in total. The number of nitrogens with one attached hydrogen (secondary N) is 1. The second-order valence-corrected chi connectivity index (χ2v) is 7.67. The third-order valence-corrected chi connectivity index (χ3v) is 5.37. The Kier molecular flexibility index (Phi) is 4.95. The van der Waals surface area contributed by atoms with E-state index in [9.17, 15) is 18.4 Å². The molecule has 0 unspecified atom stereocenters. The number of nitrogens with zero attached hydrogens (tertiary/aromatic N) is 3. The molecule has 2 aliphatic rings. The number of carbonyl (C=O) groups excluding carboxylic acids is 2. The van der Waals surface area contributed by atoms with Gasteiger partial charge in [0.2, 0.25) is 0 Å². The SMILES string of the molecule is Nc1cc([C@H](NCC(F)(F)CN2C(=O)c3ccccc3C2=O)C2CC2)c(Cl)nn1. The first-order valence-corrected chi connectivity index (χ1v) is 9.50. The van der Waals surface area contributed by atoms with E-state index in [1.807, 2.05) is 0 Å². The summed E-state index contributed by atoms with van der Waals surface area (Å²) in [5, 5.41) is 10.3. The lowest BCUT2D eigenvalue weighted by Crippen LogP contribution is -2.46. The Hall–Kier alpha value is -2.65. The van der Waals surface area contributed by atoms with Crippen LogP contribution in [0.15, 0.2) is 30.3 Å². The molecule has 152 valence electrons. The number of hydrogen-bond acceptors (Lipinski definition) is 6. The number of amides is 2. The Labute approximate surface area is 170 Å². The van der Waals surface area contributed by atoms with Gasteiger partial charge in [-0.1, -0.05) is 23.7 Å². The van der Waals surface area contributed by atoms with Gasteiger partial charge in [-0.25, -0.2) is 8.78 Å². The van der Waals surface area contributed by atoms with Gasteiger partial charge in [0.25, 0.3) is 17.7 Å². The number of imide groups is 1. The minimum absolute atomic E-state index is 0.104. The van der Waals surface area contributed by atoms with Crippen LogP contribution in [0.25, 0.3) is 0 Å². The minimum atomic E-state index is -3.33. The predicted molar refractivity (Wildman–Crippen MR) is 102 cm³/mol. The van der Waals surface area contributed by atoms with E-state index < -0.39 is 36.9 Å². The van der Waals surface area contributed by atoms with Crippen LogP contribution in [0.4, 0.5) is 14.6 Å². The van der Waals surface area contributed by atoms with E-state index in [-0.39, 0.29) is 28.0 Å². The maximum Gasteiger partial charge on any atom is 0.278 e. The first-order valence-electron chi connectivity index (χ1n) is 9.12. The highest BCUT2D eigenvalue weighted by molar-refractivity contribution is 6.30. The maximum atomic E-state index is 14.7. The fourth-order valence-corrected chi connectivity index (χ4v) is 3.72. The highest BCUT2D eigenvalue weighted by Crippen LogP contribution is 2.43. The number of aromatic nitrogens is 2. The zero-order valence-electron chi connectivity index (χ0n) is 15.2. The fourth-order valence-electron chi connectivity index (χ4n) is 3.51. The van der Waals surface area contributed by atoms with E-state index >= 15 is 0 Å². The molecule has 1 aliphatic carbocycles. The Morgan fingerprint density at radius 1 is 1.21 bits per heavy atom. The third-order valence-electron chi connectivity index (χ3n) is 5.07. The molecule has 4 rings (SSSR count). The van der Waals surface area contributed by atoms with Crippen molar-refractivity contribution in [3.05, 3.63) is 52.2 Å². The smallest absolute Gasteiger partial charge is 0.278 e. The Morgan fingerprint density at radius 3 is 2.41 bits per heavy atom. The van der Waals surface area contributed by atoms with Crippen molar-refractivity contribution >= 4 is 29.2 Å². The summed E-state index contributed by atoms with van der Waals surface area (Å²) >= 11 is 6.09. The van der Waals surface area contributed by atoms with Crippen molar-refractivity contribution in [2.45, 2.75) is 24.8 Å². The van der Waals surface area contributed by atoms with E-state index in [0.717, 1.165) is 12.8 Å². The van der Waals surface area contributed by atoms with Gasteiger partial charge in [-0.2, -0.15) is 0 Å². The Bertz CT molecular complexity index is 948. The summed E-state index contributed by atoms with van der Waals surface area (Å²) in [5.41, 5.74) is 6.45. The van der Waals surface area contributed by atoms with E-state index in [0.29, 0.717) is 10.5 Å². The molecule has 3 N–H and O–H groups in total. The number of fused-ring (bicyclic) bond motifs is 1. The van der Waals surface area contributed by atoms with Crippen molar-refractivity contribution in [3.63, 3.8) is 0 Å². The normalized spacial score (nSPS) is 17.6. The second-order valence-electron chi connectivity index (χ2n) is 7.31. The number of hydrogen-bond donors (Lipinski definition) is 2. The molecule has 0 spiro atoms. The van der Waals surface area contributed by atoms with Gasteiger partial charge >= 0.3 is 0 Å². The number of anilines is 1. The fraction of sp³-hybridized carbons (Fsp3) is 0.368. The Balaban J connectivity index is 1.47. The molecule has 0 bridgehead atoms. The third kappa shape index (κ3) is 3.92. The number of nitrogen functional groups attached to an aromatic ring is 1. The van der Waals surface area contributed by atoms with Crippen LogP contribution in [0.3, 0.4) is 0 Å². The molecule has 2 amide bonds. The molecule has 1 aromatic carbocycles. The number of rotatable bonds is 7. The number of nitrogens with two attached hydrogens (primary N) is 1. The van der Waals surface area contributed by atoms with E-state index in [4.69, 9.17) is 17.3 Å². The molecule has 0 radical (unpaired) electrons. The molecule has 1 atom stereocenters. The zero-order valence-corrected chi connectivity index (χ0v) is 16.0. The van der Waals surface area contributed by atoms with Crippen LogP contribution < -0.4 is 11.1 Å². The van der Waals surface area contributed by atoms with Gasteiger partial charge < -0.3 is 11.1 Å². The first-order chi connectivity index (χ1) is 13.8. The lowest BCUT2D eigenvalue weighted by atomic mass is 10.0. The molecular weight excluding hydrogens is 404 g/mol. The second kappa shape index (κ2) is 7.31.